The predicted octanol–water partition coefficient (Wildman–Crippen LogP) is -0.187. The number of likely N-dealkylation sites (tertiary alicyclic amines) is 1. The fraction of sp³-hybridized carbons (Fsp3) is 0.833. The zero-order valence-electron chi connectivity index (χ0n) is 10.5. The lowest BCUT2D eigenvalue weighted by Gasteiger charge is -2.29. The number of ether oxygens (including phenoxy) is 1. The lowest BCUT2D eigenvalue weighted by Crippen LogP contribution is -2.48. The maximum atomic E-state index is 12.3. The molecule has 3 saturated heterocycles. The van der Waals surface area contributed by atoms with Gasteiger partial charge in [0, 0.05) is 0 Å². The van der Waals surface area contributed by atoms with Gasteiger partial charge in [0.25, 0.3) is 0 Å². The van der Waals surface area contributed by atoms with E-state index >= 15 is 0 Å². The zero-order chi connectivity index (χ0) is 12.4. The Morgan fingerprint density at radius 1 is 1.12 bits per heavy atom. The number of carbonyl (C=O) groups excluding carboxylic acids is 2. The van der Waals surface area contributed by atoms with E-state index in [1.54, 1.807) is 0 Å². The van der Waals surface area contributed by atoms with Crippen LogP contribution in [0, 0.1) is 11.8 Å². The second-order valence-corrected chi connectivity index (χ2v) is 6.38. The fourth-order valence-electron chi connectivity index (χ4n) is 3.34. The Balaban J connectivity index is 1.86. The van der Waals surface area contributed by atoms with Crippen molar-refractivity contribution in [1.82, 2.24) is 4.90 Å². The van der Waals surface area contributed by atoms with E-state index in [0.717, 1.165) is 12.8 Å². The first-order valence-electron chi connectivity index (χ1n) is 6.19. The van der Waals surface area contributed by atoms with Crippen molar-refractivity contribution in [3.05, 3.63) is 0 Å². The van der Waals surface area contributed by atoms with Crippen LogP contribution < -0.4 is 0 Å². The molecule has 2 bridgehead atoms. The van der Waals surface area contributed by atoms with Crippen molar-refractivity contribution in [3.63, 3.8) is 0 Å². The minimum atomic E-state index is -0.187. The highest BCUT2D eigenvalue weighted by Crippen LogP contribution is 2.48. The molecule has 0 aromatic heterocycles. The maximum Gasteiger partial charge on any atom is 0.240 e. The van der Waals surface area contributed by atoms with Gasteiger partial charge in [0.1, 0.15) is 0 Å². The molecule has 4 unspecified atom stereocenters. The van der Waals surface area contributed by atoms with Crippen LogP contribution in [0.5, 0.6) is 0 Å². The van der Waals surface area contributed by atoms with Crippen LogP contribution in [0.4, 0.5) is 0 Å². The molecule has 0 saturated carbocycles. The molecule has 0 aliphatic carbocycles. The fourth-order valence-corrected chi connectivity index (χ4v) is 3.34. The molecule has 3 aliphatic heterocycles. The number of nitrogens with zero attached hydrogens (tertiary/aromatic N) is 2. The Labute approximate surface area is 101 Å². The molecule has 0 radical (unpaired) electrons. The third-order valence-electron chi connectivity index (χ3n) is 3.94. The van der Waals surface area contributed by atoms with Crippen LogP contribution in [0.3, 0.4) is 0 Å². The summed E-state index contributed by atoms with van der Waals surface area (Å²) in [6.45, 7) is 0.462. The van der Waals surface area contributed by atoms with E-state index in [2.05, 4.69) is 0 Å². The minimum absolute atomic E-state index is 0.00100. The molecule has 0 aromatic rings. The normalized spacial score (nSPS) is 40.3. The molecule has 94 valence electrons. The third kappa shape index (κ3) is 1.52. The first-order chi connectivity index (χ1) is 7.88. The number of quaternary nitrogens is 1. The van der Waals surface area contributed by atoms with Crippen LogP contribution in [-0.4, -0.2) is 61.2 Å². The summed E-state index contributed by atoms with van der Waals surface area (Å²) in [4.78, 5) is 26.0. The number of carbonyl (C=O) groups is 2. The first-order valence-corrected chi connectivity index (χ1v) is 6.19. The summed E-state index contributed by atoms with van der Waals surface area (Å²) in [7, 11) is 5.96. The van der Waals surface area contributed by atoms with Crippen molar-refractivity contribution >= 4 is 11.8 Å². The standard InChI is InChI=1S/C12H19N2O3/c1-14(2,3)6-13-11(15)9-7-4-5-8(17-7)10(9)12(13)16/h7-10H,4-6H2,1-3H3/q+1. The molecule has 5 heteroatoms. The van der Waals surface area contributed by atoms with E-state index in [9.17, 15) is 9.59 Å². The molecule has 3 rings (SSSR count). The van der Waals surface area contributed by atoms with Gasteiger partial charge in [-0.15, -0.1) is 0 Å². The highest BCUT2D eigenvalue weighted by molar-refractivity contribution is 6.06. The van der Waals surface area contributed by atoms with Gasteiger partial charge in [-0.2, -0.15) is 0 Å². The van der Waals surface area contributed by atoms with Gasteiger partial charge in [-0.3, -0.25) is 9.59 Å². The minimum Gasteiger partial charge on any atom is -0.373 e. The largest absolute Gasteiger partial charge is 0.373 e. The Bertz CT molecular complexity index is 360. The number of imide groups is 1. The highest BCUT2D eigenvalue weighted by Gasteiger charge is 2.62. The summed E-state index contributed by atoms with van der Waals surface area (Å²) < 4.78 is 6.28. The highest BCUT2D eigenvalue weighted by atomic mass is 16.5. The van der Waals surface area contributed by atoms with Crippen LogP contribution in [0.15, 0.2) is 0 Å². The summed E-state index contributed by atoms with van der Waals surface area (Å²) in [5.74, 6) is -0.402. The van der Waals surface area contributed by atoms with E-state index in [0.29, 0.717) is 11.2 Å². The predicted molar refractivity (Wildman–Crippen MR) is 59.6 cm³/mol. The maximum absolute atomic E-state index is 12.3. The first kappa shape index (κ1) is 11.2. The summed E-state index contributed by atoms with van der Waals surface area (Å²) in [5, 5.41) is 0. The molecule has 0 aromatic carbocycles. The van der Waals surface area contributed by atoms with Crippen molar-refractivity contribution in [2.24, 2.45) is 11.8 Å². The molecule has 3 fully saturated rings. The Hall–Kier alpha value is -0.940. The van der Waals surface area contributed by atoms with Gasteiger partial charge >= 0.3 is 0 Å². The molecular weight excluding hydrogens is 220 g/mol. The average molecular weight is 239 g/mol. The van der Waals surface area contributed by atoms with Crippen LogP contribution in [0.2, 0.25) is 0 Å². The van der Waals surface area contributed by atoms with E-state index in [1.807, 2.05) is 21.1 Å². The van der Waals surface area contributed by atoms with Gasteiger partial charge in [0.05, 0.1) is 45.2 Å². The van der Waals surface area contributed by atoms with Crippen molar-refractivity contribution in [2.45, 2.75) is 25.0 Å². The van der Waals surface area contributed by atoms with E-state index < -0.39 is 0 Å². The number of hydrogen-bond acceptors (Lipinski definition) is 3. The Morgan fingerprint density at radius 3 is 2.00 bits per heavy atom. The third-order valence-corrected chi connectivity index (χ3v) is 3.94. The summed E-state index contributed by atoms with van der Waals surface area (Å²) >= 11 is 0. The van der Waals surface area contributed by atoms with E-state index in [4.69, 9.17) is 4.74 Å². The van der Waals surface area contributed by atoms with Gasteiger partial charge < -0.3 is 9.22 Å². The SMILES string of the molecule is C[N+](C)(C)CN1C(=O)C2C3CCC(O3)C2C1=O. The Morgan fingerprint density at radius 2 is 1.59 bits per heavy atom. The van der Waals surface area contributed by atoms with Gasteiger partial charge in [-0.05, 0) is 12.8 Å². The molecule has 4 atom stereocenters. The average Bonchev–Trinajstić information content (AvgIpc) is 2.86. The van der Waals surface area contributed by atoms with Gasteiger partial charge in [-0.1, -0.05) is 0 Å². The number of hydrogen-bond donors (Lipinski definition) is 0. The number of rotatable bonds is 2. The second-order valence-electron chi connectivity index (χ2n) is 6.38. The lowest BCUT2D eigenvalue weighted by molar-refractivity contribution is -0.877. The van der Waals surface area contributed by atoms with Gasteiger partial charge in [-0.25, -0.2) is 4.90 Å². The van der Waals surface area contributed by atoms with Crippen molar-refractivity contribution in [1.29, 1.82) is 0 Å². The van der Waals surface area contributed by atoms with Gasteiger partial charge in [0.15, 0.2) is 6.67 Å². The smallest absolute Gasteiger partial charge is 0.240 e. The molecule has 2 amide bonds. The lowest BCUT2D eigenvalue weighted by atomic mass is 9.81. The van der Waals surface area contributed by atoms with Crippen molar-refractivity contribution < 1.29 is 18.8 Å². The van der Waals surface area contributed by atoms with E-state index in [-0.39, 0.29) is 35.9 Å². The molecule has 0 N–H and O–H groups in total. The monoisotopic (exact) mass is 239 g/mol. The van der Waals surface area contributed by atoms with Crippen molar-refractivity contribution in [3.8, 4) is 0 Å². The molecule has 0 spiro atoms. The van der Waals surface area contributed by atoms with Crippen LogP contribution in [0.1, 0.15) is 12.8 Å². The summed E-state index contributed by atoms with van der Waals surface area (Å²) in [5.41, 5.74) is 0. The number of amides is 2. The van der Waals surface area contributed by atoms with Crippen LogP contribution >= 0.6 is 0 Å². The second kappa shape index (κ2) is 3.29. The van der Waals surface area contributed by atoms with Gasteiger partial charge in [0.2, 0.25) is 11.8 Å². The zero-order valence-corrected chi connectivity index (χ0v) is 10.5. The summed E-state index contributed by atoms with van der Waals surface area (Å²) in [6.07, 6.45) is 1.87. The quantitative estimate of drug-likeness (QED) is 0.496. The van der Waals surface area contributed by atoms with E-state index in [1.165, 1.54) is 4.90 Å². The Kier molecular flexibility index (Phi) is 2.16. The molecule has 5 nitrogen and oxygen atoms in total. The number of fused-ring (bicyclic) bond motifs is 5. The van der Waals surface area contributed by atoms with Crippen LogP contribution in [0.25, 0.3) is 0 Å². The molecule has 3 aliphatic rings. The molecular formula is C12H19N2O3+. The molecule has 3 heterocycles. The molecule has 17 heavy (non-hydrogen) atoms. The summed E-state index contributed by atoms with van der Waals surface area (Å²) in [6, 6.07) is 0. The van der Waals surface area contributed by atoms with Crippen LogP contribution in [-0.2, 0) is 14.3 Å². The topological polar surface area (TPSA) is 46.6 Å². The van der Waals surface area contributed by atoms with Crippen molar-refractivity contribution in [2.75, 3.05) is 27.8 Å².